The molecule has 0 N–H and O–H groups in total. The number of fused-ring (bicyclic) bond motifs is 3. The van der Waals surface area contributed by atoms with Crippen LogP contribution >= 0.6 is 11.6 Å². The van der Waals surface area contributed by atoms with Crippen LogP contribution in [0.2, 0.25) is 5.02 Å². The van der Waals surface area contributed by atoms with Crippen molar-refractivity contribution in [2.24, 2.45) is 0 Å². The highest BCUT2D eigenvalue weighted by molar-refractivity contribution is 6.35. The summed E-state index contributed by atoms with van der Waals surface area (Å²) >= 11 is 6.30. The van der Waals surface area contributed by atoms with Gasteiger partial charge < -0.3 is 18.9 Å². The van der Waals surface area contributed by atoms with E-state index in [0.717, 1.165) is 17.3 Å². The number of halogens is 6. The largest absolute Gasteiger partial charge is 0.419 e. The molecule has 0 spiro atoms. The molecule has 1 aromatic heterocycles. The van der Waals surface area contributed by atoms with Gasteiger partial charge in [-0.05, 0) is 45.3 Å². The van der Waals surface area contributed by atoms with Gasteiger partial charge >= 0.3 is 12.8 Å². The Morgan fingerprint density at radius 1 is 1.18 bits per heavy atom. The summed E-state index contributed by atoms with van der Waals surface area (Å²) in [6, 6.07) is 2.31. The maximum absolute atomic E-state index is 13.7. The normalized spacial score (nSPS) is 20.1. The molecule has 0 amide bonds. The minimum atomic E-state index is -5.05. The van der Waals surface area contributed by atoms with E-state index in [1.165, 1.54) is 6.07 Å². The van der Waals surface area contributed by atoms with Crippen LogP contribution in [-0.4, -0.2) is 41.1 Å². The van der Waals surface area contributed by atoms with Crippen LogP contribution in [0.3, 0.4) is 0 Å². The number of benzene rings is 1. The van der Waals surface area contributed by atoms with E-state index in [1.807, 2.05) is 37.8 Å². The first-order valence-corrected chi connectivity index (χ1v) is 11.4. The van der Waals surface area contributed by atoms with Crippen molar-refractivity contribution in [2.75, 3.05) is 11.4 Å². The Hall–Kier alpha value is -2.17. The van der Waals surface area contributed by atoms with Crippen molar-refractivity contribution in [3.8, 4) is 0 Å². The van der Waals surface area contributed by atoms with E-state index in [1.54, 1.807) is 4.57 Å². The number of alkyl halides is 5. The molecule has 1 aliphatic carbocycles. The highest BCUT2D eigenvalue weighted by Crippen LogP contribution is 2.44. The summed E-state index contributed by atoms with van der Waals surface area (Å²) in [5, 5.41) is 0.133. The molecule has 1 aromatic carbocycles. The van der Waals surface area contributed by atoms with E-state index < -0.39 is 24.5 Å². The van der Waals surface area contributed by atoms with Crippen LogP contribution < -0.4 is 4.90 Å². The topological polar surface area (TPSA) is 39.5 Å². The molecule has 2 atom stereocenters. The molecule has 1 aliphatic heterocycles. The van der Waals surface area contributed by atoms with Crippen molar-refractivity contribution in [3.05, 3.63) is 46.1 Å². The fourth-order valence-corrected chi connectivity index (χ4v) is 4.78. The number of allylic oxidation sites excluding steroid dienone is 1. The Kier molecular flexibility index (Phi) is 6.94. The number of hydrogen-bond acceptors (Lipinski definition) is 4. The fourth-order valence-electron chi connectivity index (χ4n) is 4.58. The van der Waals surface area contributed by atoms with E-state index in [9.17, 15) is 22.0 Å². The molecule has 2 aromatic rings. The Bertz CT molecular complexity index is 1130. The Morgan fingerprint density at radius 3 is 2.53 bits per heavy atom. The number of aryl methyl sites for hydroxylation is 1. The minimum Gasteiger partial charge on any atom is -0.371 e. The highest BCUT2D eigenvalue weighted by atomic mass is 35.5. The van der Waals surface area contributed by atoms with Crippen molar-refractivity contribution in [1.82, 2.24) is 9.55 Å². The lowest BCUT2D eigenvalue weighted by molar-refractivity contribution is -0.276. The van der Waals surface area contributed by atoms with Crippen molar-refractivity contribution >= 4 is 28.6 Å². The Labute approximate surface area is 198 Å². The van der Waals surface area contributed by atoms with Crippen molar-refractivity contribution < 1.29 is 31.4 Å². The highest BCUT2D eigenvalue weighted by Gasteiger charge is 2.45. The first-order chi connectivity index (χ1) is 16.0. The van der Waals surface area contributed by atoms with E-state index in [-0.39, 0.29) is 28.3 Å². The lowest BCUT2D eigenvalue weighted by atomic mass is 10.0. The van der Waals surface area contributed by atoms with Gasteiger partial charge in [0.15, 0.2) is 6.10 Å². The molecule has 2 aliphatic rings. The van der Waals surface area contributed by atoms with Gasteiger partial charge in [-0.25, -0.2) is 4.98 Å². The fraction of sp³-hybridized carbons (Fsp3) is 0.522. The first-order valence-electron chi connectivity index (χ1n) is 11.0. The van der Waals surface area contributed by atoms with Gasteiger partial charge in [0.2, 0.25) is 5.95 Å². The summed E-state index contributed by atoms with van der Waals surface area (Å²) in [4.78, 5) is 6.49. The van der Waals surface area contributed by atoms with Crippen LogP contribution in [0.15, 0.2) is 35.6 Å². The number of nitrogens with zero attached hydrogens (tertiary/aromatic N) is 3. The summed E-state index contributed by atoms with van der Waals surface area (Å²) in [6.45, 7) is 3.23. The zero-order valence-electron chi connectivity index (χ0n) is 18.9. The second-order valence-corrected chi connectivity index (χ2v) is 9.03. The van der Waals surface area contributed by atoms with Crippen molar-refractivity contribution in [1.29, 1.82) is 0 Å². The molecule has 0 saturated carbocycles. The summed E-state index contributed by atoms with van der Waals surface area (Å²) in [5.74, 6) is 0.413. The molecule has 5 nitrogen and oxygen atoms in total. The zero-order chi connectivity index (χ0) is 24.8. The third-order valence-corrected chi connectivity index (χ3v) is 6.11. The van der Waals surface area contributed by atoms with Crippen LogP contribution in [0.25, 0.3) is 11.0 Å². The second kappa shape index (κ2) is 9.47. The van der Waals surface area contributed by atoms with Crippen LogP contribution in [0, 0.1) is 0 Å². The Morgan fingerprint density at radius 2 is 1.91 bits per heavy atom. The van der Waals surface area contributed by atoms with Gasteiger partial charge in [0.05, 0.1) is 22.7 Å². The molecule has 2 heterocycles. The molecule has 0 bridgehead atoms. The minimum absolute atomic E-state index is 0.0502. The molecule has 11 heteroatoms. The maximum atomic E-state index is 13.7. The van der Waals surface area contributed by atoms with Gasteiger partial charge in [-0.3, -0.25) is 0 Å². The zero-order valence-corrected chi connectivity index (χ0v) is 19.6. The first kappa shape index (κ1) is 24.9. The number of imidazole rings is 1. The molecule has 0 fully saturated rings. The van der Waals surface area contributed by atoms with Crippen LogP contribution in [0.4, 0.5) is 27.9 Å². The van der Waals surface area contributed by atoms with Crippen LogP contribution in [0.5, 0.6) is 0 Å². The predicted octanol–water partition coefficient (Wildman–Crippen LogP) is 6.77. The Balaban J connectivity index is 1.80. The van der Waals surface area contributed by atoms with Gasteiger partial charge in [-0.2, -0.15) is 22.0 Å². The molecule has 2 unspecified atom stereocenters. The number of hydrogen-bond donors (Lipinski definition) is 0. The van der Waals surface area contributed by atoms with Crippen molar-refractivity contribution in [3.63, 3.8) is 0 Å². The lowest BCUT2D eigenvalue weighted by Crippen LogP contribution is -2.34. The van der Waals surface area contributed by atoms with E-state index in [0.29, 0.717) is 31.9 Å². The van der Waals surface area contributed by atoms with Gasteiger partial charge in [-0.15, -0.1) is 0 Å². The number of anilines is 1. The third kappa shape index (κ3) is 4.81. The van der Waals surface area contributed by atoms with E-state index >= 15 is 0 Å². The predicted molar refractivity (Wildman–Crippen MR) is 119 cm³/mol. The number of rotatable bonds is 6. The SMILES string of the molecule is CC1=CC(OC(C)C)CC=C1N1CCCn2c1nc1c(Cl)ccc(C(OC(F)F)C(F)(F)F)c12. The summed E-state index contributed by atoms with van der Waals surface area (Å²) in [5.41, 5.74) is 1.57. The number of ether oxygens (including phenoxy) is 2. The standard InChI is InChI=1S/C23H25ClF5N3O2/c1-12(2)33-14-5-8-17(13(3)11-14)31-9-4-10-32-19-15(20(23(27,28)29)34-21(25)26)6-7-16(24)18(19)30-22(31)32/h6-8,11-12,14,20-21H,4-5,9-10H2,1-3H3. The quantitative estimate of drug-likeness (QED) is 0.406. The summed E-state index contributed by atoms with van der Waals surface area (Å²) in [6.07, 6.45) is -2.54. The molecular weight excluding hydrogens is 481 g/mol. The molecule has 186 valence electrons. The lowest BCUT2D eigenvalue weighted by Gasteiger charge is -2.34. The van der Waals surface area contributed by atoms with Crippen molar-refractivity contribution in [2.45, 2.75) is 71.3 Å². The van der Waals surface area contributed by atoms with E-state index in [2.05, 4.69) is 9.72 Å². The average molecular weight is 506 g/mol. The number of aromatic nitrogens is 2. The molecule has 0 radical (unpaired) electrons. The second-order valence-electron chi connectivity index (χ2n) is 8.62. The van der Waals surface area contributed by atoms with Gasteiger partial charge in [-0.1, -0.05) is 29.8 Å². The van der Waals surface area contributed by atoms with Crippen LogP contribution in [0.1, 0.15) is 45.3 Å². The summed E-state index contributed by atoms with van der Waals surface area (Å²) in [7, 11) is 0. The molecule has 34 heavy (non-hydrogen) atoms. The maximum Gasteiger partial charge on any atom is 0.419 e. The third-order valence-electron chi connectivity index (χ3n) is 5.80. The van der Waals surface area contributed by atoms with E-state index in [4.69, 9.17) is 16.3 Å². The average Bonchev–Trinajstić information content (AvgIpc) is 3.13. The van der Waals surface area contributed by atoms with Gasteiger partial charge in [0.1, 0.15) is 5.52 Å². The summed E-state index contributed by atoms with van der Waals surface area (Å²) < 4.78 is 78.5. The smallest absolute Gasteiger partial charge is 0.371 e. The molecule has 4 rings (SSSR count). The molecule has 0 saturated heterocycles. The molecular formula is C23H25ClF5N3O2. The van der Waals surface area contributed by atoms with Gasteiger partial charge in [0, 0.05) is 24.4 Å². The monoisotopic (exact) mass is 505 g/mol. The van der Waals surface area contributed by atoms with Gasteiger partial charge in [0.25, 0.3) is 0 Å². The van der Waals surface area contributed by atoms with Crippen LogP contribution in [-0.2, 0) is 16.0 Å².